The Morgan fingerprint density at radius 1 is 1.17 bits per heavy atom. The molecule has 0 radical (unpaired) electrons. The number of nitrogens with one attached hydrogen (secondary N) is 1. The molecule has 3 rings (SSSR count). The molecule has 2 amide bonds. The molecule has 6 nitrogen and oxygen atoms in total. The molecular formula is C23H27N3O3S. The van der Waals surface area contributed by atoms with Crippen LogP contribution in [0.1, 0.15) is 32.3 Å². The number of hydrogen-bond acceptors (Lipinski definition) is 5. The van der Waals surface area contributed by atoms with Gasteiger partial charge in [-0.3, -0.25) is 14.5 Å². The summed E-state index contributed by atoms with van der Waals surface area (Å²) in [7, 11) is 0. The van der Waals surface area contributed by atoms with Gasteiger partial charge in [0.1, 0.15) is 11.0 Å². The van der Waals surface area contributed by atoms with Gasteiger partial charge in [0, 0.05) is 18.7 Å². The number of amidine groups is 1. The highest BCUT2D eigenvalue weighted by atomic mass is 32.2. The summed E-state index contributed by atoms with van der Waals surface area (Å²) < 4.78 is 5.46. The minimum Gasteiger partial charge on any atom is -0.494 e. The van der Waals surface area contributed by atoms with Crippen LogP contribution in [0.25, 0.3) is 0 Å². The van der Waals surface area contributed by atoms with Crippen molar-refractivity contribution in [2.24, 2.45) is 4.99 Å². The molecule has 0 aromatic heterocycles. The van der Waals surface area contributed by atoms with E-state index in [2.05, 4.69) is 10.3 Å². The molecule has 1 heterocycles. The van der Waals surface area contributed by atoms with Crippen molar-refractivity contribution in [3.8, 4) is 5.75 Å². The molecule has 1 fully saturated rings. The number of benzene rings is 2. The fourth-order valence-corrected chi connectivity index (χ4v) is 4.32. The number of thioether (sulfide) groups is 1. The average molecular weight is 426 g/mol. The van der Waals surface area contributed by atoms with Crippen LogP contribution in [0.5, 0.6) is 5.75 Å². The molecule has 1 atom stereocenters. The van der Waals surface area contributed by atoms with Gasteiger partial charge in [-0.15, -0.1) is 0 Å². The molecular weight excluding hydrogens is 398 g/mol. The molecule has 1 saturated heterocycles. The number of para-hydroxylation sites is 1. The smallest absolute Gasteiger partial charge is 0.242 e. The van der Waals surface area contributed by atoms with Gasteiger partial charge >= 0.3 is 0 Å². The lowest BCUT2D eigenvalue weighted by Gasteiger charge is -2.15. The maximum absolute atomic E-state index is 12.9. The SMILES string of the molecule is CCCN1C(=O)[C@@H](CC(=O)Nc2ccccc2C)SC1=Nc1ccc(OCC)cc1. The number of aliphatic imine (C=N–C) groups is 1. The third-order valence-electron chi connectivity index (χ3n) is 4.63. The fraction of sp³-hybridized carbons (Fsp3) is 0.348. The monoisotopic (exact) mass is 425 g/mol. The van der Waals surface area contributed by atoms with Crippen LogP contribution in [0.4, 0.5) is 11.4 Å². The summed E-state index contributed by atoms with van der Waals surface area (Å²) in [5.74, 6) is 0.549. The number of rotatable bonds is 8. The van der Waals surface area contributed by atoms with Crippen molar-refractivity contribution in [1.29, 1.82) is 0 Å². The van der Waals surface area contributed by atoms with E-state index in [-0.39, 0.29) is 18.2 Å². The summed E-state index contributed by atoms with van der Waals surface area (Å²) in [4.78, 5) is 31.8. The van der Waals surface area contributed by atoms with E-state index in [1.807, 2.05) is 69.3 Å². The van der Waals surface area contributed by atoms with E-state index >= 15 is 0 Å². The minimum atomic E-state index is -0.470. The van der Waals surface area contributed by atoms with Gasteiger partial charge in [-0.25, -0.2) is 4.99 Å². The van der Waals surface area contributed by atoms with Crippen molar-refractivity contribution < 1.29 is 14.3 Å². The normalized spacial score (nSPS) is 17.4. The zero-order valence-electron chi connectivity index (χ0n) is 17.6. The van der Waals surface area contributed by atoms with E-state index in [0.717, 1.165) is 29.1 Å². The van der Waals surface area contributed by atoms with E-state index in [4.69, 9.17) is 4.74 Å². The standard InChI is InChI=1S/C23H27N3O3S/c1-4-14-26-22(28)20(15-21(27)25-19-9-7-6-8-16(19)3)30-23(26)24-17-10-12-18(13-11-17)29-5-2/h6-13,20H,4-5,14-15H2,1-3H3,(H,25,27)/t20-/m1/s1. The number of hydrogen-bond donors (Lipinski definition) is 1. The van der Waals surface area contributed by atoms with Crippen LogP contribution < -0.4 is 10.1 Å². The largest absolute Gasteiger partial charge is 0.494 e. The highest BCUT2D eigenvalue weighted by Crippen LogP contribution is 2.32. The van der Waals surface area contributed by atoms with Gasteiger partial charge in [0.05, 0.1) is 12.3 Å². The number of ether oxygens (including phenoxy) is 1. The Hall–Kier alpha value is -2.80. The number of nitrogens with zero attached hydrogens (tertiary/aromatic N) is 2. The van der Waals surface area contributed by atoms with Gasteiger partial charge in [0.15, 0.2) is 5.17 Å². The van der Waals surface area contributed by atoms with Crippen molar-refractivity contribution in [1.82, 2.24) is 4.90 Å². The maximum Gasteiger partial charge on any atom is 0.242 e. The molecule has 7 heteroatoms. The van der Waals surface area contributed by atoms with Crippen LogP contribution in [-0.4, -0.2) is 40.3 Å². The zero-order valence-corrected chi connectivity index (χ0v) is 18.4. The van der Waals surface area contributed by atoms with Gasteiger partial charge in [-0.1, -0.05) is 36.9 Å². The Balaban J connectivity index is 1.72. The molecule has 0 saturated carbocycles. The molecule has 2 aromatic carbocycles. The van der Waals surface area contributed by atoms with Crippen LogP contribution in [0.2, 0.25) is 0 Å². The van der Waals surface area contributed by atoms with Crippen LogP contribution in [0.15, 0.2) is 53.5 Å². The summed E-state index contributed by atoms with van der Waals surface area (Å²) in [5.41, 5.74) is 2.51. The first-order valence-corrected chi connectivity index (χ1v) is 11.0. The lowest BCUT2D eigenvalue weighted by Crippen LogP contribution is -2.34. The molecule has 0 aliphatic carbocycles. The lowest BCUT2D eigenvalue weighted by molar-refractivity contribution is -0.128. The number of carbonyl (C=O) groups excluding carboxylic acids is 2. The average Bonchev–Trinajstić information content (AvgIpc) is 3.00. The van der Waals surface area contributed by atoms with Gasteiger partial charge in [0.25, 0.3) is 0 Å². The number of amides is 2. The predicted octanol–water partition coefficient (Wildman–Crippen LogP) is 4.76. The van der Waals surface area contributed by atoms with Gasteiger partial charge < -0.3 is 10.1 Å². The molecule has 0 unspecified atom stereocenters. The van der Waals surface area contributed by atoms with Crippen LogP contribution in [-0.2, 0) is 9.59 Å². The molecule has 2 aromatic rings. The second kappa shape index (κ2) is 10.3. The van der Waals surface area contributed by atoms with Crippen LogP contribution in [0, 0.1) is 6.92 Å². The molecule has 0 spiro atoms. The fourth-order valence-electron chi connectivity index (χ4n) is 3.13. The van der Waals surface area contributed by atoms with Crippen molar-refractivity contribution in [2.75, 3.05) is 18.5 Å². The Labute approximate surface area is 181 Å². The molecule has 1 aliphatic rings. The third-order valence-corrected chi connectivity index (χ3v) is 5.80. The Morgan fingerprint density at radius 3 is 2.57 bits per heavy atom. The summed E-state index contributed by atoms with van der Waals surface area (Å²) in [6, 6.07) is 15.1. The Bertz CT molecular complexity index is 928. The summed E-state index contributed by atoms with van der Waals surface area (Å²) >= 11 is 1.35. The van der Waals surface area contributed by atoms with E-state index in [1.54, 1.807) is 4.90 Å². The van der Waals surface area contributed by atoms with Crippen molar-refractivity contribution in [3.63, 3.8) is 0 Å². The van der Waals surface area contributed by atoms with Crippen molar-refractivity contribution in [2.45, 2.75) is 38.9 Å². The minimum absolute atomic E-state index is 0.0635. The number of aryl methyl sites for hydroxylation is 1. The van der Waals surface area contributed by atoms with Gasteiger partial charge in [-0.2, -0.15) is 0 Å². The Kier molecular flexibility index (Phi) is 7.52. The van der Waals surface area contributed by atoms with E-state index in [9.17, 15) is 9.59 Å². The highest BCUT2D eigenvalue weighted by molar-refractivity contribution is 8.15. The van der Waals surface area contributed by atoms with Crippen LogP contribution >= 0.6 is 11.8 Å². The van der Waals surface area contributed by atoms with Gasteiger partial charge in [-0.05, 0) is 56.2 Å². The number of anilines is 1. The maximum atomic E-state index is 12.9. The lowest BCUT2D eigenvalue weighted by atomic mass is 10.2. The molecule has 158 valence electrons. The van der Waals surface area contributed by atoms with Crippen molar-refractivity contribution >= 4 is 40.1 Å². The summed E-state index contributed by atoms with van der Waals surface area (Å²) in [5, 5.41) is 3.08. The predicted molar refractivity (Wildman–Crippen MR) is 123 cm³/mol. The van der Waals surface area contributed by atoms with E-state index in [1.165, 1.54) is 11.8 Å². The number of carbonyl (C=O) groups is 2. The summed E-state index contributed by atoms with van der Waals surface area (Å²) in [6.07, 6.45) is 0.928. The molecule has 30 heavy (non-hydrogen) atoms. The highest BCUT2D eigenvalue weighted by Gasteiger charge is 2.38. The zero-order chi connectivity index (χ0) is 21.5. The van der Waals surface area contributed by atoms with Gasteiger partial charge in [0.2, 0.25) is 11.8 Å². The van der Waals surface area contributed by atoms with E-state index < -0.39 is 5.25 Å². The second-order valence-electron chi connectivity index (χ2n) is 6.98. The molecule has 1 N–H and O–H groups in total. The molecule has 0 bridgehead atoms. The summed E-state index contributed by atoms with van der Waals surface area (Å²) in [6.45, 7) is 7.08. The van der Waals surface area contributed by atoms with Crippen LogP contribution in [0.3, 0.4) is 0 Å². The molecule has 1 aliphatic heterocycles. The van der Waals surface area contributed by atoms with Crippen molar-refractivity contribution in [3.05, 3.63) is 54.1 Å². The first-order chi connectivity index (χ1) is 14.5. The Morgan fingerprint density at radius 2 is 1.90 bits per heavy atom. The first-order valence-electron chi connectivity index (χ1n) is 10.2. The topological polar surface area (TPSA) is 71.0 Å². The quantitative estimate of drug-likeness (QED) is 0.662. The second-order valence-corrected chi connectivity index (χ2v) is 8.15. The van der Waals surface area contributed by atoms with E-state index in [0.29, 0.717) is 18.3 Å². The first kappa shape index (κ1) is 21.9. The third kappa shape index (κ3) is 5.42.